The maximum atomic E-state index is 11.2. The number of nitrogens with zero attached hydrogens (tertiary/aromatic N) is 3. The van der Waals surface area contributed by atoms with E-state index in [1.54, 1.807) is 11.6 Å². The monoisotopic (exact) mass is 376 g/mol. The van der Waals surface area contributed by atoms with Crippen molar-refractivity contribution in [2.24, 2.45) is 0 Å². The Labute approximate surface area is 164 Å². The van der Waals surface area contributed by atoms with Gasteiger partial charge in [-0.1, -0.05) is 24.3 Å². The molecule has 6 nitrogen and oxygen atoms in total. The highest BCUT2D eigenvalue weighted by molar-refractivity contribution is 5.90. The first-order chi connectivity index (χ1) is 13.7. The Hall–Kier alpha value is -2.96. The van der Waals surface area contributed by atoms with Crippen molar-refractivity contribution < 1.29 is 10.0 Å². The van der Waals surface area contributed by atoms with Gasteiger partial charge in [-0.15, -0.1) is 0 Å². The zero-order valence-electron chi connectivity index (χ0n) is 15.7. The van der Waals surface area contributed by atoms with Crippen molar-refractivity contribution >= 4 is 17.5 Å². The van der Waals surface area contributed by atoms with Gasteiger partial charge in [-0.05, 0) is 59.7 Å². The lowest BCUT2D eigenvalue weighted by molar-refractivity contribution is -0.124. The van der Waals surface area contributed by atoms with Gasteiger partial charge >= 0.3 is 0 Å². The molecule has 4 rings (SSSR count). The van der Waals surface area contributed by atoms with Crippen molar-refractivity contribution in [3.63, 3.8) is 0 Å². The van der Waals surface area contributed by atoms with Crippen LogP contribution in [0.2, 0.25) is 0 Å². The van der Waals surface area contributed by atoms with E-state index < -0.39 is 5.91 Å². The van der Waals surface area contributed by atoms with Crippen LogP contribution in [0.3, 0.4) is 0 Å². The van der Waals surface area contributed by atoms with Crippen LogP contribution in [0.5, 0.6) is 0 Å². The molecule has 2 aromatic heterocycles. The van der Waals surface area contributed by atoms with Crippen LogP contribution in [-0.4, -0.2) is 45.3 Å². The van der Waals surface area contributed by atoms with Gasteiger partial charge in [-0.3, -0.25) is 10.0 Å². The number of hydrogen-bond acceptors (Lipinski definition) is 4. The number of pyridine rings is 1. The Morgan fingerprint density at radius 1 is 1.18 bits per heavy atom. The molecule has 6 heteroatoms. The summed E-state index contributed by atoms with van der Waals surface area (Å²) in [6, 6.07) is 12.5. The van der Waals surface area contributed by atoms with E-state index in [1.165, 1.54) is 28.3 Å². The molecule has 3 heterocycles. The second kappa shape index (κ2) is 8.37. The van der Waals surface area contributed by atoms with E-state index in [-0.39, 0.29) is 0 Å². The number of amides is 1. The molecule has 2 N–H and O–H groups in total. The summed E-state index contributed by atoms with van der Waals surface area (Å²) in [7, 11) is 0. The number of hydroxylamine groups is 1. The minimum absolute atomic E-state index is 0.520. The zero-order valence-corrected chi connectivity index (χ0v) is 15.7. The van der Waals surface area contributed by atoms with Gasteiger partial charge in [0.05, 0.1) is 11.7 Å². The molecule has 3 aromatic rings. The average molecular weight is 376 g/mol. The fourth-order valence-corrected chi connectivity index (χ4v) is 3.79. The number of aromatic nitrogens is 2. The van der Waals surface area contributed by atoms with Crippen molar-refractivity contribution in [1.82, 2.24) is 20.0 Å². The summed E-state index contributed by atoms with van der Waals surface area (Å²) in [6.45, 7) is 3.10. The minimum Gasteiger partial charge on any atom is -0.302 e. The maximum Gasteiger partial charge on any atom is 0.267 e. The summed E-state index contributed by atoms with van der Waals surface area (Å²) in [6.07, 6.45) is 10.0. The third kappa shape index (κ3) is 4.13. The number of hydrogen-bond donors (Lipinski definition) is 2. The van der Waals surface area contributed by atoms with E-state index in [2.05, 4.69) is 34.3 Å². The molecule has 0 spiro atoms. The summed E-state index contributed by atoms with van der Waals surface area (Å²) in [5.74, 6) is -0.520. The lowest BCUT2D eigenvalue weighted by Crippen LogP contribution is -2.28. The predicted octanol–water partition coefficient (Wildman–Crippen LogP) is 2.50. The maximum absolute atomic E-state index is 11.2. The standard InChI is InChI=1S/C22H24N4O2/c27-22(24-28)7-5-17-4-6-18-8-12-25(13-9-19(18)15-17)14-10-20-16-23-26-11-2-1-3-21(20)26/h1-7,11,15-16,28H,8-10,12-14H2,(H,24,27)/b7-5+. The van der Waals surface area contributed by atoms with E-state index in [0.717, 1.165) is 44.5 Å². The number of benzene rings is 1. The molecule has 1 aliphatic heterocycles. The van der Waals surface area contributed by atoms with Crippen LogP contribution < -0.4 is 5.48 Å². The third-order valence-corrected chi connectivity index (χ3v) is 5.37. The summed E-state index contributed by atoms with van der Waals surface area (Å²) < 4.78 is 1.93. The summed E-state index contributed by atoms with van der Waals surface area (Å²) in [4.78, 5) is 13.7. The van der Waals surface area contributed by atoms with Gasteiger partial charge in [-0.25, -0.2) is 10.00 Å². The number of rotatable bonds is 5. The second-order valence-electron chi connectivity index (χ2n) is 7.13. The van der Waals surface area contributed by atoms with E-state index in [1.807, 2.05) is 29.0 Å². The smallest absolute Gasteiger partial charge is 0.267 e. The highest BCUT2D eigenvalue weighted by Gasteiger charge is 2.15. The second-order valence-corrected chi connectivity index (χ2v) is 7.13. The van der Waals surface area contributed by atoms with Crippen LogP contribution >= 0.6 is 0 Å². The molecular weight excluding hydrogens is 352 g/mol. The Kier molecular flexibility index (Phi) is 5.50. The normalized spacial score (nSPS) is 14.9. The summed E-state index contributed by atoms with van der Waals surface area (Å²) in [5.41, 5.74) is 7.77. The van der Waals surface area contributed by atoms with Gasteiger partial charge in [0, 0.05) is 31.9 Å². The first-order valence-corrected chi connectivity index (χ1v) is 9.60. The lowest BCUT2D eigenvalue weighted by Gasteiger charge is -2.19. The van der Waals surface area contributed by atoms with Crippen LogP contribution in [0.1, 0.15) is 22.3 Å². The molecule has 0 fully saturated rings. The average Bonchev–Trinajstić information content (AvgIpc) is 3.04. The van der Waals surface area contributed by atoms with Crippen LogP contribution in [0.25, 0.3) is 11.6 Å². The van der Waals surface area contributed by atoms with Crippen LogP contribution in [0, 0.1) is 0 Å². The number of carbonyl (C=O) groups excluding carboxylic acids is 1. The summed E-state index contributed by atoms with van der Waals surface area (Å²) in [5, 5.41) is 13.0. The quantitative estimate of drug-likeness (QED) is 0.408. The van der Waals surface area contributed by atoms with Crippen molar-refractivity contribution in [2.45, 2.75) is 19.3 Å². The number of carbonyl (C=O) groups is 1. The van der Waals surface area contributed by atoms with Gasteiger partial charge in [0.2, 0.25) is 0 Å². The molecule has 1 aromatic carbocycles. The number of fused-ring (bicyclic) bond motifs is 2. The van der Waals surface area contributed by atoms with E-state index in [4.69, 9.17) is 5.21 Å². The van der Waals surface area contributed by atoms with E-state index in [9.17, 15) is 4.79 Å². The SMILES string of the molecule is O=C(/C=C/c1ccc2c(c1)CCN(CCc1cnn3ccccc13)CC2)NO. The molecule has 0 saturated carbocycles. The molecule has 0 unspecified atom stereocenters. The van der Waals surface area contributed by atoms with Crippen LogP contribution in [0.15, 0.2) is 54.9 Å². The summed E-state index contributed by atoms with van der Waals surface area (Å²) >= 11 is 0. The molecule has 0 bridgehead atoms. The van der Waals surface area contributed by atoms with Gasteiger partial charge in [0.25, 0.3) is 5.91 Å². The Morgan fingerprint density at radius 3 is 2.89 bits per heavy atom. The fourth-order valence-electron chi connectivity index (χ4n) is 3.79. The third-order valence-electron chi connectivity index (χ3n) is 5.37. The topological polar surface area (TPSA) is 69.9 Å². The highest BCUT2D eigenvalue weighted by Crippen LogP contribution is 2.19. The first kappa shape index (κ1) is 18.4. The molecule has 28 heavy (non-hydrogen) atoms. The Morgan fingerprint density at radius 2 is 2.04 bits per heavy atom. The van der Waals surface area contributed by atoms with Crippen LogP contribution in [-0.2, 0) is 24.1 Å². The van der Waals surface area contributed by atoms with Gasteiger partial charge in [-0.2, -0.15) is 5.10 Å². The molecule has 1 aliphatic rings. The Bertz CT molecular complexity index is 1010. The van der Waals surface area contributed by atoms with Crippen molar-refractivity contribution in [3.8, 4) is 0 Å². The molecule has 0 saturated heterocycles. The predicted molar refractivity (Wildman–Crippen MR) is 108 cm³/mol. The molecule has 0 atom stereocenters. The largest absolute Gasteiger partial charge is 0.302 e. The molecule has 0 radical (unpaired) electrons. The van der Waals surface area contributed by atoms with Crippen molar-refractivity contribution in [2.75, 3.05) is 19.6 Å². The number of nitrogens with one attached hydrogen (secondary N) is 1. The van der Waals surface area contributed by atoms with E-state index >= 15 is 0 Å². The van der Waals surface area contributed by atoms with E-state index in [0.29, 0.717) is 0 Å². The van der Waals surface area contributed by atoms with Gasteiger partial charge < -0.3 is 4.90 Å². The fraction of sp³-hybridized carbons (Fsp3) is 0.273. The minimum atomic E-state index is -0.520. The van der Waals surface area contributed by atoms with Crippen molar-refractivity contribution in [1.29, 1.82) is 0 Å². The van der Waals surface area contributed by atoms with Crippen molar-refractivity contribution in [3.05, 3.63) is 77.1 Å². The van der Waals surface area contributed by atoms with Gasteiger partial charge in [0.15, 0.2) is 0 Å². The lowest BCUT2D eigenvalue weighted by atomic mass is 10.00. The zero-order chi connectivity index (χ0) is 19.3. The first-order valence-electron chi connectivity index (χ1n) is 9.60. The Balaban J connectivity index is 1.39. The molecule has 144 valence electrons. The van der Waals surface area contributed by atoms with Crippen LogP contribution in [0.4, 0.5) is 0 Å². The van der Waals surface area contributed by atoms with Gasteiger partial charge in [0.1, 0.15) is 0 Å². The molecule has 1 amide bonds. The highest BCUT2D eigenvalue weighted by atomic mass is 16.5. The molecular formula is C22H24N4O2. The molecule has 0 aliphatic carbocycles.